The van der Waals surface area contributed by atoms with E-state index >= 15 is 0 Å². The number of hydrogen-bond donors (Lipinski definition) is 2. The summed E-state index contributed by atoms with van der Waals surface area (Å²) in [5, 5.41) is 3.37. The van der Waals surface area contributed by atoms with Crippen LogP contribution in [-0.2, 0) is 0 Å². The van der Waals surface area contributed by atoms with E-state index in [0.717, 1.165) is 6.54 Å². The predicted molar refractivity (Wildman–Crippen MR) is 39.2 cm³/mol. The second kappa shape index (κ2) is 2.67. The Bertz CT molecular complexity index is 90.9. The molecule has 1 rings (SSSR count). The molecule has 54 valence electrons. The van der Waals surface area contributed by atoms with Crippen molar-refractivity contribution in [3.8, 4) is 0 Å². The highest BCUT2D eigenvalue weighted by molar-refractivity contribution is 4.84. The molecule has 2 heteroatoms. The van der Waals surface area contributed by atoms with Gasteiger partial charge in [0.05, 0.1) is 0 Å². The topological polar surface area (TPSA) is 38.0 Å². The lowest BCUT2D eigenvalue weighted by molar-refractivity contribution is 0.409. The van der Waals surface area contributed by atoms with Crippen molar-refractivity contribution < 1.29 is 0 Å². The summed E-state index contributed by atoms with van der Waals surface area (Å²) in [7, 11) is 0. The molecule has 0 radical (unpaired) electrons. The van der Waals surface area contributed by atoms with Gasteiger partial charge >= 0.3 is 0 Å². The minimum absolute atomic E-state index is 0.356. The molecule has 1 saturated heterocycles. The maximum atomic E-state index is 5.75. The van der Waals surface area contributed by atoms with E-state index in [-0.39, 0.29) is 0 Å². The molecule has 0 aliphatic carbocycles. The third kappa shape index (κ3) is 1.43. The van der Waals surface area contributed by atoms with E-state index in [1.54, 1.807) is 0 Å². The van der Waals surface area contributed by atoms with Crippen LogP contribution < -0.4 is 11.1 Å². The van der Waals surface area contributed by atoms with Gasteiger partial charge in [0.25, 0.3) is 0 Å². The number of rotatable bonds is 1. The first kappa shape index (κ1) is 7.03. The number of nitrogens with one attached hydrogen (secondary N) is 1. The highest BCUT2D eigenvalue weighted by Gasteiger charge is 2.25. The molecule has 0 aromatic rings. The molecule has 1 aliphatic rings. The molecular formula is C7H16N2. The Morgan fingerprint density at radius 1 is 1.67 bits per heavy atom. The molecule has 9 heavy (non-hydrogen) atoms. The van der Waals surface area contributed by atoms with Gasteiger partial charge in [-0.1, -0.05) is 0 Å². The Hall–Kier alpha value is -0.0800. The smallest absolute Gasteiger partial charge is 0.00821 e. The van der Waals surface area contributed by atoms with Crippen molar-refractivity contribution in [2.45, 2.75) is 32.4 Å². The first-order chi connectivity index (χ1) is 4.22. The third-order valence-electron chi connectivity index (χ3n) is 2.26. The van der Waals surface area contributed by atoms with Crippen LogP contribution in [-0.4, -0.2) is 18.6 Å². The molecule has 0 amide bonds. The van der Waals surface area contributed by atoms with Gasteiger partial charge in [-0.3, -0.25) is 0 Å². The van der Waals surface area contributed by atoms with Crippen molar-refractivity contribution >= 4 is 0 Å². The van der Waals surface area contributed by atoms with Gasteiger partial charge in [-0.15, -0.1) is 0 Å². The van der Waals surface area contributed by atoms with E-state index < -0.39 is 0 Å². The van der Waals surface area contributed by atoms with Gasteiger partial charge in [-0.25, -0.2) is 0 Å². The van der Waals surface area contributed by atoms with E-state index in [4.69, 9.17) is 5.73 Å². The first-order valence-electron chi connectivity index (χ1n) is 3.71. The van der Waals surface area contributed by atoms with E-state index in [9.17, 15) is 0 Å². The fourth-order valence-electron chi connectivity index (χ4n) is 1.60. The molecule has 0 aromatic heterocycles. The van der Waals surface area contributed by atoms with Crippen LogP contribution in [0.3, 0.4) is 0 Å². The van der Waals surface area contributed by atoms with E-state index in [2.05, 4.69) is 19.2 Å². The van der Waals surface area contributed by atoms with Crippen molar-refractivity contribution in [1.29, 1.82) is 0 Å². The van der Waals surface area contributed by atoms with Crippen LogP contribution in [0, 0.1) is 5.92 Å². The Balaban J connectivity index is 2.40. The summed E-state index contributed by atoms with van der Waals surface area (Å²) >= 11 is 0. The zero-order valence-corrected chi connectivity index (χ0v) is 6.22. The SMILES string of the molecule is CC(N)C1CCNC1C. The van der Waals surface area contributed by atoms with E-state index in [1.165, 1.54) is 6.42 Å². The molecule has 0 bridgehead atoms. The van der Waals surface area contributed by atoms with Gasteiger partial charge in [0, 0.05) is 12.1 Å². The highest BCUT2D eigenvalue weighted by atomic mass is 15.0. The maximum Gasteiger partial charge on any atom is 0.00821 e. The van der Waals surface area contributed by atoms with Gasteiger partial charge in [0.1, 0.15) is 0 Å². The van der Waals surface area contributed by atoms with E-state index in [0.29, 0.717) is 18.0 Å². The Morgan fingerprint density at radius 3 is 2.56 bits per heavy atom. The van der Waals surface area contributed by atoms with Crippen LogP contribution in [0.5, 0.6) is 0 Å². The van der Waals surface area contributed by atoms with Gasteiger partial charge in [-0.05, 0) is 32.7 Å². The summed E-state index contributed by atoms with van der Waals surface area (Å²) in [5.74, 6) is 0.699. The van der Waals surface area contributed by atoms with Crippen LogP contribution in [0.2, 0.25) is 0 Å². The minimum atomic E-state index is 0.356. The van der Waals surface area contributed by atoms with Crippen LogP contribution in [0.25, 0.3) is 0 Å². The monoisotopic (exact) mass is 128 g/mol. The van der Waals surface area contributed by atoms with Gasteiger partial charge < -0.3 is 11.1 Å². The standard InChI is InChI=1S/C7H16N2/c1-5(8)7-3-4-9-6(7)2/h5-7,9H,3-4,8H2,1-2H3. The summed E-state index contributed by atoms with van der Waals surface area (Å²) in [6.45, 7) is 5.45. The van der Waals surface area contributed by atoms with Crippen LogP contribution in [0.15, 0.2) is 0 Å². The van der Waals surface area contributed by atoms with Crippen LogP contribution >= 0.6 is 0 Å². The molecule has 1 aliphatic heterocycles. The molecule has 3 atom stereocenters. The highest BCUT2D eigenvalue weighted by Crippen LogP contribution is 2.17. The molecule has 0 aromatic carbocycles. The Labute approximate surface area is 56.8 Å². The first-order valence-corrected chi connectivity index (χ1v) is 3.71. The van der Waals surface area contributed by atoms with E-state index in [1.807, 2.05) is 0 Å². The zero-order valence-electron chi connectivity index (χ0n) is 6.22. The third-order valence-corrected chi connectivity index (χ3v) is 2.26. The second-order valence-electron chi connectivity index (χ2n) is 3.05. The van der Waals surface area contributed by atoms with Gasteiger partial charge in [0.15, 0.2) is 0 Å². The number of hydrogen-bond acceptors (Lipinski definition) is 2. The average molecular weight is 128 g/mol. The molecule has 1 heterocycles. The lowest BCUT2D eigenvalue weighted by atomic mass is 9.95. The van der Waals surface area contributed by atoms with Crippen molar-refractivity contribution in [2.24, 2.45) is 11.7 Å². The molecule has 3 unspecified atom stereocenters. The minimum Gasteiger partial charge on any atom is -0.328 e. The summed E-state index contributed by atoms with van der Waals surface area (Å²) in [6.07, 6.45) is 1.25. The maximum absolute atomic E-state index is 5.75. The van der Waals surface area contributed by atoms with Crippen molar-refractivity contribution in [2.75, 3.05) is 6.54 Å². The van der Waals surface area contributed by atoms with Crippen LogP contribution in [0.4, 0.5) is 0 Å². The summed E-state index contributed by atoms with van der Waals surface area (Å²) < 4.78 is 0. The van der Waals surface area contributed by atoms with Crippen molar-refractivity contribution in [3.05, 3.63) is 0 Å². The zero-order chi connectivity index (χ0) is 6.85. The lowest BCUT2D eigenvalue weighted by Gasteiger charge is -2.18. The molecule has 3 N–H and O–H groups in total. The molecule has 1 fully saturated rings. The normalized spacial score (nSPS) is 39.0. The fraction of sp³-hybridized carbons (Fsp3) is 1.00. The largest absolute Gasteiger partial charge is 0.328 e. The lowest BCUT2D eigenvalue weighted by Crippen LogP contribution is -2.34. The number of nitrogens with two attached hydrogens (primary N) is 1. The fourth-order valence-corrected chi connectivity index (χ4v) is 1.60. The summed E-state index contributed by atoms with van der Waals surface area (Å²) in [6, 6.07) is 0.986. The molecule has 0 spiro atoms. The summed E-state index contributed by atoms with van der Waals surface area (Å²) in [4.78, 5) is 0. The Morgan fingerprint density at radius 2 is 2.33 bits per heavy atom. The quantitative estimate of drug-likeness (QED) is 0.534. The summed E-state index contributed by atoms with van der Waals surface area (Å²) in [5.41, 5.74) is 5.75. The predicted octanol–water partition coefficient (Wildman–Crippen LogP) is 0.332. The molecule has 2 nitrogen and oxygen atoms in total. The van der Waals surface area contributed by atoms with Crippen molar-refractivity contribution in [3.63, 3.8) is 0 Å². The van der Waals surface area contributed by atoms with Crippen LogP contribution in [0.1, 0.15) is 20.3 Å². The second-order valence-corrected chi connectivity index (χ2v) is 3.05. The molecule has 0 saturated carbocycles. The Kier molecular flexibility index (Phi) is 2.09. The van der Waals surface area contributed by atoms with Crippen molar-refractivity contribution in [1.82, 2.24) is 5.32 Å². The average Bonchev–Trinajstić information content (AvgIpc) is 2.13. The van der Waals surface area contributed by atoms with Gasteiger partial charge in [0.2, 0.25) is 0 Å². The van der Waals surface area contributed by atoms with Gasteiger partial charge in [-0.2, -0.15) is 0 Å². The molecular weight excluding hydrogens is 112 g/mol.